The zero-order valence-electron chi connectivity index (χ0n) is 9.50. The van der Waals surface area contributed by atoms with E-state index in [1.807, 2.05) is 6.92 Å². The van der Waals surface area contributed by atoms with Crippen molar-refractivity contribution in [2.24, 2.45) is 5.92 Å². The van der Waals surface area contributed by atoms with E-state index in [0.29, 0.717) is 23.4 Å². The van der Waals surface area contributed by atoms with Crippen molar-refractivity contribution in [3.05, 3.63) is 34.9 Å². The third kappa shape index (κ3) is 4.15. The summed E-state index contributed by atoms with van der Waals surface area (Å²) in [4.78, 5) is 22.7. The molecule has 1 atom stereocenters. The fourth-order valence-corrected chi connectivity index (χ4v) is 1.76. The van der Waals surface area contributed by atoms with Gasteiger partial charge in [0.2, 0.25) is 0 Å². The van der Waals surface area contributed by atoms with Gasteiger partial charge in [0.1, 0.15) is 5.78 Å². The molecule has 2 nitrogen and oxygen atoms in total. The zero-order valence-corrected chi connectivity index (χ0v) is 10.3. The van der Waals surface area contributed by atoms with Crippen LogP contribution in [0.1, 0.15) is 37.0 Å². The van der Waals surface area contributed by atoms with E-state index in [-0.39, 0.29) is 17.5 Å². The Hall–Kier alpha value is -1.15. The molecule has 0 aliphatic rings. The molecule has 86 valence electrons. The Morgan fingerprint density at radius 3 is 2.25 bits per heavy atom. The number of ketones is 2. The number of Topliss-reactive ketones (excluding diaryl/α,β-unsaturated/α-hetero) is 2. The summed E-state index contributed by atoms with van der Waals surface area (Å²) in [5.41, 5.74) is 0.653. The van der Waals surface area contributed by atoms with Gasteiger partial charge in [-0.1, -0.05) is 18.5 Å². The fraction of sp³-hybridized carbons (Fsp3) is 0.385. The van der Waals surface area contributed by atoms with Crippen molar-refractivity contribution in [2.75, 3.05) is 0 Å². The maximum atomic E-state index is 11.8. The number of benzene rings is 1. The van der Waals surface area contributed by atoms with Gasteiger partial charge < -0.3 is 4.79 Å². The second kappa shape index (κ2) is 5.80. The first-order chi connectivity index (χ1) is 7.49. The van der Waals surface area contributed by atoms with E-state index < -0.39 is 0 Å². The third-order valence-corrected chi connectivity index (χ3v) is 2.59. The highest BCUT2D eigenvalue weighted by Crippen LogP contribution is 2.15. The van der Waals surface area contributed by atoms with E-state index in [2.05, 4.69) is 0 Å². The van der Waals surface area contributed by atoms with Crippen molar-refractivity contribution >= 4 is 23.2 Å². The molecule has 0 fully saturated rings. The Bertz CT molecular complexity index is 381. The van der Waals surface area contributed by atoms with E-state index in [0.717, 1.165) is 0 Å². The van der Waals surface area contributed by atoms with Crippen LogP contribution in [-0.2, 0) is 4.79 Å². The molecular weight excluding hydrogens is 224 g/mol. The zero-order chi connectivity index (χ0) is 12.1. The average Bonchev–Trinajstić information content (AvgIpc) is 2.16. The molecule has 0 amide bonds. The Morgan fingerprint density at radius 2 is 1.75 bits per heavy atom. The lowest BCUT2D eigenvalue weighted by molar-refractivity contribution is -0.117. The van der Waals surface area contributed by atoms with Crippen molar-refractivity contribution in [2.45, 2.75) is 26.7 Å². The van der Waals surface area contributed by atoms with E-state index >= 15 is 0 Å². The molecule has 0 unspecified atom stereocenters. The van der Waals surface area contributed by atoms with Gasteiger partial charge in [-0.3, -0.25) is 4.79 Å². The van der Waals surface area contributed by atoms with E-state index in [4.69, 9.17) is 11.6 Å². The van der Waals surface area contributed by atoms with Crippen LogP contribution in [0.5, 0.6) is 0 Å². The predicted molar refractivity (Wildman–Crippen MR) is 64.9 cm³/mol. The van der Waals surface area contributed by atoms with Crippen LogP contribution in [0.15, 0.2) is 24.3 Å². The molecule has 1 rings (SSSR count). The van der Waals surface area contributed by atoms with Crippen molar-refractivity contribution in [3.63, 3.8) is 0 Å². The number of halogens is 1. The maximum Gasteiger partial charge on any atom is 0.163 e. The first-order valence-corrected chi connectivity index (χ1v) is 5.65. The van der Waals surface area contributed by atoms with Crippen LogP contribution in [0.4, 0.5) is 0 Å². The highest BCUT2D eigenvalue weighted by molar-refractivity contribution is 6.30. The van der Waals surface area contributed by atoms with E-state index in [1.165, 1.54) is 0 Å². The summed E-state index contributed by atoms with van der Waals surface area (Å²) in [6.07, 6.45) is 0.862. The van der Waals surface area contributed by atoms with Crippen LogP contribution >= 0.6 is 11.6 Å². The summed E-state index contributed by atoms with van der Waals surface area (Å²) in [6.45, 7) is 3.46. The topological polar surface area (TPSA) is 34.1 Å². The number of carbonyl (C=O) groups excluding carboxylic acids is 2. The molecule has 1 aromatic carbocycles. The minimum Gasteiger partial charge on any atom is -0.300 e. The smallest absolute Gasteiger partial charge is 0.163 e. The van der Waals surface area contributed by atoms with Crippen molar-refractivity contribution in [1.82, 2.24) is 0 Å². The van der Waals surface area contributed by atoms with Gasteiger partial charge in [0.05, 0.1) is 0 Å². The van der Waals surface area contributed by atoms with E-state index in [1.54, 1.807) is 31.2 Å². The minimum absolute atomic E-state index is 0.0606. The van der Waals surface area contributed by atoms with Crippen LogP contribution in [0.25, 0.3) is 0 Å². The lowest BCUT2D eigenvalue weighted by Crippen LogP contribution is -2.09. The lowest BCUT2D eigenvalue weighted by atomic mass is 9.96. The number of carbonyl (C=O) groups is 2. The lowest BCUT2D eigenvalue weighted by Gasteiger charge is -2.08. The molecule has 0 heterocycles. The average molecular weight is 239 g/mol. The standard InChI is InChI=1S/C13H15ClO2/c1-9(7-10(2)15)8-13(16)11-3-5-12(14)6-4-11/h3-6,9H,7-8H2,1-2H3/t9-/m1/s1. The molecule has 0 spiro atoms. The van der Waals surface area contributed by atoms with Gasteiger partial charge in [-0.2, -0.15) is 0 Å². The van der Waals surface area contributed by atoms with Crippen LogP contribution < -0.4 is 0 Å². The molecule has 0 bridgehead atoms. The summed E-state index contributed by atoms with van der Waals surface area (Å²) < 4.78 is 0. The summed E-state index contributed by atoms with van der Waals surface area (Å²) in [7, 11) is 0. The van der Waals surface area contributed by atoms with Gasteiger partial charge >= 0.3 is 0 Å². The fourth-order valence-electron chi connectivity index (χ4n) is 1.63. The Morgan fingerprint density at radius 1 is 1.19 bits per heavy atom. The second-order valence-electron chi connectivity index (χ2n) is 4.15. The third-order valence-electron chi connectivity index (χ3n) is 2.34. The molecule has 16 heavy (non-hydrogen) atoms. The largest absolute Gasteiger partial charge is 0.300 e. The predicted octanol–water partition coefficient (Wildman–Crippen LogP) is 3.53. The number of rotatable bonds is 5. The highest BCUT2D eigenvalue weighted by Gasteiger charge is 2.12. The number of hydrogen-bond donors (Lipinski definition) is 0. The quantitative estimate of drug-likeness (QED) is 0.736. The molecule has 0 saturated heterocycles. The molecule has 0 radical (unpaired) electrons. The van der Waals surface area contributed by atoms with Gasteiger partial charge in [0.25, 0.3) is 0 Å². The van der Waals surface area contributed by atoms with Crippen LogP contribution in [0.3, 0.4) is 0 Å². The van der Waals surface area contributed by atoms with Crippen molar-refractivity contribution < 1.29 is 9.59 Å². The SMILES string of the molecule is CC(=O)C[C@@H](C)CC(=O)c1ccc(Cl)cc1. The molecular formula is C13H15ClO2. The maximum absolute atomic E-state index is 11.8. The highest BCUT2D eigenvalue weighted by atomic mass is 35.5. The van der Waals surface area contributed by atoms with Gasteiger partial charge in [-0.15, -0.1) is 0 Å². The van der Waals surface area contributed by atoms with Gasteiger partial charge in [-0.25, -0.2) is 0 Å². The summed E-state index contributed by atoms with van der Waals surface area (Å²) in [5.74, 6) is 0.280. The minimum atomic E-state index is 0.0606. The molecule has 0 aromatic heterocycles. The van der Waals surface area contributed by atoms with E-state index in [9.17, 15) is 9.59 Å². The normalized spacial score (nSPS) is 12.2. The molecule has 0 aliphatic heterocycles. The number of hydrogen-bond acceptors (Lipinski definition) is 2. The van der Waals surface area contributed by atoms with Gasteiger partial charge in [0, 0.05) is 23.4 Å². The second-order valence-corrected chi connectivity index (χ2v) is 4.58. The van der Waals surface area contributed by atoms with Crippen LogP contribution in [0.2, 0.25) is 5.02 Å². The Kier molecular flexibility index (Phi) is 4.69. The van der Waals surface area contributed by atoms with Crippen molar-refractivity contribution in [1.29, 1.82) is 0 Å². The van der Waals surface area contributed by atoms with Gasteiger partial charge in [-0.05, 0) is 37.1 Å². The molecule has 0 saturated carbocycles. The van der Waals surface area contributed by atoms with Crippen LogP contribution in [-0.4, -0.2) is 11.6 Å². The summed E-state index contributed by atoms with van der Waals surface area (Å²) >= 11 is 5.73. The Labute approximate surface area is 101 Å². The molecule has 0 N–H and O–H groups in total. The molecule has 3 heteroatoms. The molecule has 0 aliphatic carbocycles. The summed E-state index contributed by atoms with van der Waals surface area (Å²) in [5, 5.41) is 0.619. The summed E-state index contributed by atoms with van der Waals surface area (Å²) in [6, 6.07) is 6.82. The first-order valence-electron chi connectivity index (χ1n) is 5.27. The molecule has 1 aromatic rings. The van der Waals surface area contributed by atoms with Gasteiger partial charge in [0.15, 0.2) is 5.78 Å². The van der Waals surface area contributed by atoms with Crippen LogP contribution in [0, 0.1) is 5.92 Å². The van der Waals surface area contributed by atoms with Crippen molar-refractivity contribution in [3.8, 4) is 0 Å². The monoisotopic (exact) mass is 238 g/mol. The Balaban J connectivity index is 2.58. The first kappa shape index (κ1) is 12.9.